The molecule has 1 aliphatic rings. The molecule has 0 bridgehead atoms. The quantitative estimate of drug-likeness (QED) is 0.742. The predicted molar refractivity (Wildman–Crippen MR) is 69.0 cm³/mol. The molecule has 1 heterocycles. The Bertz CT molecular complexity index is 481. The van der Waals surface area contributed by atoms with Crippen molar-refractivity contribution in [3.8, 4) is 6.07 Å². The number of aryl methyl sites for hydroxylation is 2. The van der Waals surface area contributed by atoms with Crippen molar-refractivity contribution in [3.63, 3.8) is 0 Å². The second-order valence-electron chi connectivity index (χ2n) is 4.53. The zero-order valence-corrected chi connectivity index (χ0v) is 10.4. The van der Waals surface area contributed by atoms with E-state index in [4.69, 9.17) is 0 Å². The summed E-state index contributed by atoms with van der Waals surface area (Å²) in [7, 11) is 0. The molecule has 0 N–H and O–H groups in total. The van der Waals surface area contributed by atoms with Gasteiger partial charge in [-0.2, -0.15) is 5.26 Å². The van der Waals surface area contributed by atoms with Crippen LogP contribution in [-0.2, 0) is 0 Å². The molecule has 0 saturated heterocycles. The van der Waals surface area contributed by atoms with Crippen molar-refractivity contribution in [2.75, 3.05) is 11.4 Å². The third-order valence-corrected chi connectivity index (χ3v) is 3.04. The predicted octanol–water partition coefficient (Wildman–Crippen LogP) is 2.72. The highest BCUT2D eigenvalue weighted by Crippen LogP contribution is 2.34. The van der Waals surface area contributed by atoms with E-state index in [1.807, 2.05) is 26.0 Å². The molecule has 3 nitrogen and oxygen atoms in total. The van der Waals surface area contributed by atoms with Crippen molar-refractivity contribution in [1.29, 1.82) is 5.26 Å². The van der Waals surface area contributed by atoms with Crippen LogP contribution in [0, 0.1) is 25.2 Å². The van der Waals surface area contributed by atoms with Crippen LogP contribution in [-0.4, -0.2) is 17.6 Å². The Hall–Kier alpha value is -1.82. The molecule has 17 heavy (non-hydrogen) atoms. The van der Waals surface area contributed by atoms with Crippen molar-refractivity contribution in [2.45, 2.75) is 32.7 Å². The molecule has 1 aromatic rings. The summed E-state index contributed by atoms with van der Waals surface area (Å²) in [6, 6.07) is 4.85. The van der Waals surface area contributed by atoms with E-state index < -0.39 is 0 Å². The van der Waals surface area contributed by atoms with Crippen molar-refractivity contribution in [1.82, 2.24) is 4.98 Å². The number of nitrogens with zero attached hydrogens (tertiary/aromatic N) is 3. The van der Waals surface area contributed by atoms with Crippen LogP contribution in [0.15, 0.2) is 18.7 Å². The molecule has 0 radical (unpaired) electrons. The number of nitriles is 1. The molecule has 1 aliphatic carbocycles. The third kappa shape index (κ3) is 2.31. The lowest BCUT2D eigenvalue weighted by molar-refractivity contribution is 0.854. The number of hydrogen-bond acceptors (Lipinski definition) is 3. The lowest BCUT2D eigenvalue weighted by atomic mass is 10.1. The number of pyridine rings is 1. The van der Waals surface area contributed by atoms with Gasteiger partial charge in [0, 0.05) is 18.3 Å². The highest BCUT2D eigenvalue weighted by molar-refractivity contribution is 5.63. The molecular weight excluding hydrogens is 210 g/mol. The molecule has 0 spiro atoms. The summed E-state index contributed by atoms with van der Waals surface area (Å²) in [5, 5.41) is 9.27. The van der Waals surface area contributed by atoms with Crippen LogP contribution in [0.5, 0.6) is 0 Å². The fourth-order valence-electron chi connectivity index (χ4n) is 2.14. The van der Waals surface area contributed by atoms with Gasteiger partial charge in [0.15, 0.2) is 0 Å². The fourth-order valence-corrected chi connectivity index (χ4v) is 2.14. The smallest absolute Gasteiger partial charge is 0.103 e. The largest absolute Gasteiger partial charge is 0.364 e. The van der Waals surface area contributed by atoms with Gasteiger partial charge in [0.2, 0.25) is 0 Å². The van der Waals surface area contributed by atoms with Crippen LogP contribution in [0.4, 0.5) is 5.69 Å². The van der Waals surface area contributed by atoms with E-state index in [1.54, 1.807) is 0 Å². The van der Waals surface area contributed by atoms with Gasteiger partial charge >= 0.3 is 0 Å². The van der Waals surface area contributed by atoms with E-state index in [9.17, 15) is 5.26 Å². The molecular formula is C14H17N3. The lowest BCUT2D eigenvalue weighted by Gasteiger charge is -2.25. The third-order valence-electron chi connectivity index (χ3n) is 3.04. The Morgan fingerprint density at radius 2 is 2.29 bits per heavy atom. The maximum atomic E-state index is 9.27. The highest BCUT2D eigenvalue weighted by atomic mass is 15.2. The molecule has 0 atom stereocenters. The lowest BCUT2D eigenvalue weighted by Crippen LogP contribution is -2.27. The van der Waals surface area contributed by atoms with E-state index in [2.05, 4.69) is 22.5 Å². The minimum Gasteiger partial charge on any atom is -0.364 e. The van der Waals surface area contributed by atoms with Gasteiger partial charge in [0.1, 0.15) is 6.07 Å². The van der Waals surface area contributed by atoms with Gasteiger partial charge in [-0.15, -0.1) is 6.58 Å². The van der Waals surface area contributed by atoms with Gasteiger partial charge in [-0.1, -0.05) is 6.08 Å². The number of anilines is 1. The normalized spacial score (nSPS) is 14.2. The average molecular weight is 227 g/mol. The molecule has 0 aromatic carbocycles. The Morgan fingerprint density at radius 1 is 1.59 bits per heavy atom. The van der Waals surface area contributed by atoms with Gasteiger partial charge < -0.3 is 4.90 Å². The van der Waals surface area contributed by atoms with E-state index >= 15 is 0 Å². The summed E-state index contributed by atoms with van der Waals surface area (Å²) in [4.78, 5) is 6.62. The first-order chi connectivity index (χ1) is 8.17. The van der Waals surface area contributed by atoms with Crippen molar-refractivity contribution in [2.24, 2.45) is 0 Å². The second-order valence-corrected chi connectivity index (χ2v) is 4.53. The summed E-state index contributed by atoms with van der Waals surface area (Å²) < 4.78 is 0. The van der Waals surface area contributed by atoms with Crippen molar-refractivity contribution >= 4 is 5.69 Å². The van der Waals surface area contributed by atoms with Gasteiger partial charge in [0.25, 0.3) is 0 Å². The molecule has 0 unspecified atom stereocenters. The van der Waals surface area contributed by atoms with E-state index in [0.29, 0.717) is 11.6 Å². The first kappa shape index (κ1) is 11.7. The van der Waals surface area contributed by atoms with E-state index in [-0.39, 0.29) is 0 Å². The zero-order chi connectivity index (χ0) is 12.4. The van der Waals surface area contributed by atoms with Crippen LogP contribution < -0.4 is 4.90 Å². The maximum absolute atomic E-state index is 9.27. The van der Waals surface area contributed by atoms with E-state index in [1.165, 1.54) is 12.8 Å². The van der Waals surface area contributed by atoms with Crippen LogP contribution >= 0.6 is 0 Å². The SMILES string of the molecule is C=CCN(c1cc(C)nc(C)c1C#N)C1CC1. The Kier molecular flexibility index (Phi) is 3.14. The topological polar surface area (TPSA) is 39.9 Å². The fraction of sp³-hybridized carbons (Fsp3) is 0.429. The maximum Gasteiger partial charge on any atom is 0.103 e. The minimum atomic E-state index is 0.571. The number of hydrogen-bond donors (Lipinski definition) is 0. The standard InChI is InChI=1S/C14H17N3/c1-4-7-17(12-5-6-12)14-8-10(2)16-11(3)13(14)9-15/h4,8,12H,1,5-7H2,2-3H3. The monoisotopic (exact) mass is 227 g/mol. The van der Waals surface area contributed by atoms with Crippen molar-refractivity contribution < 1.29 is 0 Å². The van der Waals surface area contributed by atoms with Crippen LogP contribution in [0.25, 0.3) is 0 Å². The summed E-state index contributed by atoms with van der Waals surface area (Å²) in [5.74, 6) is 0. The average Bonchev–Trinajstić information content (AvgIpc) is 3.08. The molecule has 0 amide bonds. The molecule has 88 valence electrons. The summed E-state index contributed by atoms with van der Waals surface area (Å²) in [6.07, 6.45) is 4.31. The first-order valence-electron chi connectivity index (χ1n) is 5.93. The Morgan fingerprint density at radius 3 is 2.82 bits per heavy atom. The van der Waals surface area contributed by atoms with Gasteiger partial charge in [-0.3, -0.25) is 4.98 Å². The van der Waals surface area contributed by atoms with Crippen molar-refractivity contribution in [3.05, 3.63) is 35.7 Å². The molecule has 2 rings (SSSR count). The first-order valence-corrected chi connectivity index (χ1v) is 5.93. The second kappa shape index (κ2) is 4.58. The molecule has 1 aromatic heterocycles. The molecule has 1 fully saturated rings. The van der Waals surface area contributed by atoms with Crippen LogP contribution in [0.2, 0.25) is 0 Å². The molecule has 1 saturated carbocycles. The number of rotatable bonds is 4. The highest BCUT2D eigenvalue weighted by Gasteiger charge is 2.30. The summed E-state index contributed by atoms with van der Waals surface area (Å²) in [6.45, 7) is 8.46. The molecule has 3 heteroatoms. The van der Waals surface area contributed by atoms with Crippen LogP contribution in [0.1, 0.15) is 29.8 Å². The Balaban J connectivity index is 2.47. The van der Waals surface area contributed by atoms with Gasteiger partial charge in [-0.05, 0) is 32.8 Å². The zero-order valence-electron chi connectivity index (χ0n) is 10.4. The Labute approximate surface area is 102 Å². The van der Waals surface area contributed by atoms with Gasteiger partial charge in [-0.25, -0.2) is 0 Å². The minimum absolute atomic E-state index is 0.571. The summed E-state index contributed by atoms with van der Waals surface area (Å²) >= 11 is 0. The summed E-state index contributed by atoms with van der Waals surface area (Å²) in [5.41, 5.74) is 3.49. The number of aromatic nitrogens is 1. The molecule has 0 aliphatic heterocycles. The van der Waals surface area contributed by atoms with E-state index in [0.717, 1.165) is 23.6 Å². The van der Waals surface area contributed by atoms with Crippen LogP contribution in [0.3, 0.4) is 0 Å². The van der Waals surface area contributed by atoms with Gasteiger partial charge in [0.05, 0.1) is 16.9 Å².